The Hall–Kier alpha value is -1.56. The first-order chi connectivity index (χ1) is 9.41. The maximum atomic E-state index is 13.7. The molecular weight excluding hydrogens is 266 g/mol. The van der Waals surface area contributed by atoms with Crippen molar-refractivity contribution in [1.82, 2.24) is 5.32 Å². The van der Waals surface area contributed by atoms with Gasteiger partial charge < -0.3 is 5.32 Å². The average Bonchev–Trinajstić information content (AvgIpc) is 2.38. The van der Waals surface area contributed by atoms with E-state index in [1.807, 2.05) is 0 Å². The Kier molecular flexibility index (Phi) is 4.32. The summed E-state index contributed by atoms with van der Waals surface area (Å²) in [7, 11) is 0. The van der Waals surface area contributed by atoms with Crippen LogP contribution in [0.4, 0.5) is 14.5 Å². The molecule has 1 fully saturated rings. The van der Waals surface area contributed by atoms with Gasteiger partial charge in [0.05, 0.1) is 4.92 Å². The summed E-state index contributed by atoms with van der Waals surface area (Å²) in [5.41, 5.74) is -0.629. The predicted octanol–water partition coefficient (Wildman–Crippen LogP) is 3.69. The van der Waals surface area contributed by atoms with Gasteiger partial charge in [-0.25, -0.2) is 4.39 Å². The van der Waals surface area contributed by atoms with Gasteiger partial charge in [-0.2, -0.15) is 4.39 Å². The van der Waals surface area contributed by atoms with Gasteiger partial charge in [0, 0.05) is 29.8 Å². The Labute approximate surface area is 116 Å². The van der Waals surface area contributed by atoms with Crippen LogP contribution in [0.5, 0.6) is 0 Å². The van der Waals surface area contributed by atoms with E-state index in [-0.39, 0.29) is 17.6 Å². The average molecular weight is 284 g/mol. The van der Waals surface area contributed by atoms with Crippen molar-refractivity contribution < 1.29 is 13.7 Å². The van der Waals surface area contributed by atoms with Crippen molar-refractivity contribution in [3.05, 3.63) is 39.4 Å². The van der Waals surface area contributed by atoms with E-state index in [2.05, 4.69) is 12.2 Å². The molecule has 1 N–H and O–H groups in total. The van der Waals surface area contributed by atoms with Gasteiger partial charge in [-0.05, 0) is 19.8 Å². The molecule has 0 saturated heterocycles. The highest BCUT2D eigenvalue weighted by Gasteiger charge is 2.27. The number of hydrogen-bond acceptors (Lipinski definition) is 3. The molecule has 1 aromatic carbocycles. The molecule has 0 aromatic heterocycles. The highest BCUT2D eigenvalue weighted by atomic mass is 19.1. The fraction of sp³-hybridized carbons (Fsp3) is 0.571. The van der Waals surface area contributed by atoms with Crippen LogP contribution >= 0.6 is 0 Å². The minimum Gasteiger partial charge on any atom is -0.307 e. The van der Waals surface area contributed by atoms with Crippen molar-refractivity contribution in [3.63, 3.8) is 0 Å². The molecule has 110 valence electrons. The fourth-order valence-electron chi connectivity index (χ4n) is 2.67. The van der Waals surface area contributed by atoms with Crippen molar-refractivity contribution in [3.8, 4) is 0 Å². The molecular formula is C14H18F2N2O2. The molecule has 0 amide bonds. The minimum atomic E-state index is -1.14. The van der Waals surface area contributed by atoms with Crippen LogP contribution in [0, 0.1) is 21.7 Å². The first kappa shape index (κ1) is 14.8. The molecule has 1 aliphatic carbocycles. The maximum Gasteiger partial charge on any atom is 0.305 e. The van der Waals surface area contributed by atoms with E-state index in [1.54, 1.807) is 0 Å². The zero-order valence-corrected chi connectivity index (χ0v) is 11.4. The molecule has 0 aliphatic heterocycles. The van der Waals surface area contributed by atoms with Gasteiger partial charge in [-0.15, -0.1) is 0 Å². The van der Waals surface area contributed by atoms with Gasteiger partial charge in [0.1, 0.15) is 5.82 Å². The van der Waals surface area contributed by atoms with Crippen molar-refractivity contribution in [2.45, 2.75) is 51.1 Å². The molecule has 0 heterocycles. The Morgan fingerprint density at radius 1 is 1.25 bits per heavy atom. The predicted molar refractivity (Wildman–Crippen MR) is 71.3 cm³/mol. The second-order valence-corrected chi connectivity index (χ2v) is 5.63. The van der Waals surface area contributed by atoms with E-state index in [9.17, 15) is 18.9 Å². The second kappa shape index (κ2) is 5.83. The molecule has 0 radical (unpaired) electrons. The lowest BCUT2D eigenvalue weighted by Crippen LogP contribution is -2.43. The number of nitrogens with one attached hydrogen (secondary N) is 1. The summed E-state index contributed by atoms with van der Waals surface area (Å²) in [6.45, 7) is 2.24. The highest BCUT2D eigenvalue weighted by Crippen LogP contribution is 2.28. The number of nitro groups is 1. The van der Waals surface area contributed by atoms with Crippen molar-refractivity contribution in [2.75, 3.05) is 0 Å². The summed E-state index contributed by atoms with van der Waals surface area (Å²) in [5, 5.41) is 13.9. The lowest BCUT2D eigenvalue weighted by atomic mass is 9.83. The van der Waals surface area contributed by atoms with Crippen LogP contribution in [0.1, 0.15) is 44.6 Å². The summed E-state index contributed by atoms with van der Waals surface area (Å²) < 4.78 is 26.9. The lowest BCUT2D eigenvalue weighted by molar-refractivity contribution is -0.387. The van der Waals surface area contributed by atoms with E-state index >= 15 is 0 Å². The zero-order chi connectivity index (χ0) is 14.8. The molecule has 1 saturated carbocycles. The van der Waals surface area contributed by atoms with Crippen LogP contribution in [-0.2, 0) is 6.54 Å². The molecule has 0 unspecified atom stereocenters. The summed E-state index contributed by atoms with van der Waals surface area (Å²) in [5.74, 6) is -1.89. The normalized spacial score (nSPS) is 17.9. The van der Waals surface area contributed by atoms with E-state index in [0.29, 0.717) is 6.07 Å². The first-order valence-electron chi connectivity index (χ1n) is 6.79. The molecule has 0 spiro atoms. The third-order valence-electron chi connectivity index (χ3n) is 3.98. The molecule has 6 heteroatoms. The van der Waals surface area contributed by atoms with Gasteiger partial charge in [0.25, 0.3) is 0 Å². The van der Waals surface area contributed by atoms with Gasteiger partial charge in [-0.3, -0.25) is 10.1 Å². The van der Waals surface area contributed by atoms with E-state index in [1.165, 1.54) is 6.42 Å². The molecule has 2 rings (SSSR count). The minimum absolute atomic E-state index is 0.0755. The SMILES string of the molecule is CC1(NCc2cc([N+](=O)[O-])c(F)cc2F)CCCCC1. The van der Waals surface area contributed by atoms with E-state index < -0.39 is 22.2 Å². The highest BCUT2D eigenvalue weighted by molar-refractivity contribution is 5.37. The summed E-state index contributed by atoms with van der Waals surface area (Å²) in [4.78, 5) is 9.84. The molecule has 0 atom stereocenters. The smallest absolute Gasteiger partial charge is 0.305 e. The second-order valence-electron chi connectivity index (χ2n) is 5.63. The summed E-state index contributed by atoms with van der Waals surface area (Å²) in [6, 6.07) is 1.56. The Balaban J connectivity index is 2.12. The number of halogens is 2. The zero-order valence-electron chi connectivity index (χ0n) is 11.4. The summed E-state index contributed by atoms with van der Waals surface area (Å²) >= 11 is 0. The lowest BCUT2D eigenvalue weighted by Gasteiger charge is -2.34. The van der Waals surface area contributed by atoms with Gasteiger partial charge in [0.2, 0.25) is 5.82 Å². The molecule has 0 bridgehead atoms. The van der Waals surface area contributed by atoms with Crippen LogP contribution in [0.3, 0.4) is 0 Å². The van der Waals surface area contributed by atoms with Crippen molar-refractivity contribution in [1.29, 1.82) is 0 Å². The Morgan fingerprint density at radius 3 is 2.50 bits per heavy atom. The van der Waals surface area contributed by atoms with Crippen molar-refractivity contribution in [2.24, 2.45) is 0 Å². The Morgan fingerprint density at radius 2 is 1.90 bits per heavy atom. The fourth-order valence-corrected chi connectivity index (χ4v) is 2.67. The van der Waals surface area contributed by atoms with Crippen LogP contribution in [0.25, 0.3) is 0 Å². The third kappa shape index (κ3) is 3.30. The quantitative estimate of drug-likeness (QED) is 0.677. The van der Waals surface area contributed by atoms with Crippen molar-refractivity contribution >= 4 is 5.69 Å². The number of benzene rings is 1. The third-order valence-corrected chi connectivity index (χ3v) is 3.98. The van der Waals surface area contributed by atoms with Crippen LogP contribution in [0.15, 0.2) is 12.1 Å². The molecule has 4 nitrogen and oxygen atoms in total. The van der Waals surface area contributed by atoms with Crippen LogP contribution in [0.2, 0.25) is 0 Å². The van der Waals surface area contributed by atoms with Gasteiger partial charge in [-0.1, -0.05) is 19.3 Å². The number of nitrogens with zero attached hydrogens (tertiary/aromatic N) is 1. The van der Waals surface area contributed by atoms with E-state index in [4.69, 9.17) is 0 Å². The van der Waals surface area contributed by atoms with E-state index in [0.717, 1.165) is 31.7 Å². The standard InChI is InChI=1S/C14H18F2N2O2/c1-14(5-3-2-4-6-14)17-9-10-7-13(18(19)20)12(16)8-11(10)15/h7-8,17H,2-6,9H2,1H3. The maximum absolute atomic E-state index is 13.7. The van der Waals surface area contributed by atoms with Gasteiger partial charge >= 0.3 is 5.69 Å². The van der Waals surface area contributed by atoms with Crippen LogP contribution in [-0.4, -0.2) is 10.5 Å². The monoisotopic (exact) mass is 284 g/mol. The molecule has 20 heavy (non-hydrogen) atoms. The van der Waals surface area contributed by atoms with Gasteiger partial charge in [0.15, 0.2) is 0 Å². The molecule has 1 aliphatic rings. The topological polar surface area (TPSA) is 55.2 Å². The first-order valence-corrected chi connectivity index (χ1v) is 6.79. The largest absolute Gasteiger partial charge is 0.307 e. The number of rotatable bonds is 4. The molecule has 1 aromatic rings. The van der Waals surface area contributed by atoms with Crippen LogP contribution < -0.4 is 5.32 Å². The number of hydrogen-bond donors (Lipinski definition) is 1. The Bertz CT molecular complexity index is 514. The number of nitro benzene ring substituents is 1. The summed E-state index contributed by atoms with van der Waals surface area (Å²) in [6.07, 6.45) is 5.44.